The first-order valence-electron chi connectivity index (χ1n) is 10.0. The second kappa shape index (κ2) is 10.3. The van der Waals surface area contributed by atoms with Crippen LogP contribution in [0, 0.1) is 5.82 Å². The Balaban J connectivity index is 1.87. The van der Waals surface area contributed by atoms with Crippen molar-refractivity contribution in [1.82, 2.24) is 9.55 Å². The van der Waals surface area contributed by atoms with E-state index in [0.717, 1.165) is 30.0 Å². The minimum absolute atomic E-state index is 0.0944. The normalized spacial score (nSPS) is 12.6. The Morgan fingerprint density at radius 3 is 2.65 bits per heavy atom. The van der Waals surface area contributed by atoms with Crippen LogP contribution in [0.25, 0.3) is 0 Å². The van der Waals surface area contributed by atoms with E-state index in [1.807, 2.05) is 6.07 Å². The van der Waals surface area contributed by atoms with Crippen molar-refractivity contribution in [2.75, 3.05) is 18.2 Å². The van der Waals surface area contributed by atoms with Crippen LogP contribution in [0.2, 0.25) is 0 Å². The van der Waals surface area contributed by atoms with Crippen LogP contribution in [0.3, 0.4) is 0 Å². The number of hydrogen-bond donors (Lipinski definition) is 2. The number of rotatable bonds is 9. The minimum Gasteiger partial charge on any atom is -0.488 e. The van der Waals surface area contributed by atoms with E-state index in [0.29, 0.717) is 6.42 Å². The Hall–Kier alpha value is -3.38. The van der Waals surface area contributed by atoms with Gasteiger partial charge in [0.25, 0.3) is 12.3 Å². The van der Waals surface area contributed by atoms with Crippen molar-refractivity contribution in [2.45, 2.75) is 23.8 Å². The quantitative estimate of drug-likeness (QED) is 0.470. The van der Waals surface area contributed by atoms with Gasteiger partial charge in [-0.1, -0.05) is 6.07 Å². The van der Waals surface area contributed by atoms with Crippen LogP contribution in [0.5, 0.6) is 5.75 Å². The lowest BCUT2D eigenvalue weighted by molar-refractivity contribution is 0.101. The molecule has 0 saturated heterocycles. The molecule has 0 aliphatic heterocycles. The van der Waals surface area contributed by atoms with Crippen molar-refractivity contribution in [3.63, 3.8) is 0 Å². The standard InChI is InChI=1S/C22H23F3N4O4S/c1-29-11-18(34(2,31)32)20(33-12-14(26)8-13-4-3-7-27-10-13)19(29)22(30)28-15-5-6-17(23)16(9-15)21(24)25/h3-7,9-11,14,21H,8,12,26H2,1-2H3,(H,28,30)/t14-/m0/s1. The fourth-order valence-corrected chi connectivity index (χ4v) is 4.13. The van der Waals surface area contributed by atoms with Gasteiger partial charge in [0.2, 0.25) is 0 Å². The fourth-order valence-electron chi connectivity index (χ4n) is 3.29. The highest BCUT2D eigenvalue weighted by Gasteiger charge is 2.28. The smallest absolute Gasteiger partial charge is 0.276 e. The van der Waals surface area contributed by atoms with Crippen molar-refractivity contribution in [3.8, 4) is 5.75 Å². The summed E-state index contributed by atoms with van der Waals surface area (Å²) in [5.41, 5.74) is 5.82. The number of nitrogens with two attached hydrogens (primary N) is 1. The highest BCUT2D eigenvalue weighted by Crippen LogP contribution is 2.32. The summed E-state index contributed by atoms with van der Waals surface area (Å²) in [4.78, 5) is 16.7. The van der Waals surface area contributed by atoms with Crippen molar-refractivity contribution in [2.24, 2.45) is 12.8 Å². The number of anilines is 1. The van der Waals surface area contributed by atoms with Gasteiger partial charge >= 0.3 is 0 Å². The number of hydrogen-bond acceptors (Lipinski definition) is 6. The number of aryl methyl sites for hydroxylation is 1. The molecule has 34 heavy (non-hydrogen) atoms. The number of carbonyl (C=O) groups excluding carboxylic acids is 1. The minimum atomic E-state index is -3.80. The molecule has 0 spiro atoms. The van der Waals surface area contributed by atoms with Gasteiger partial charge in [0.15, 0.2) is 21.3 Å². The molecule has 0 saturated carbocycles. The lowest BCUT2D eigenvalue weighted by atomic mass is 10.1. The maximum Gasteiger partial charge on any atom is 0.276 e. The molecule has 1 amide bonds. The average molecular weight is 497 g/mol. The lowest BCUT2D eigenvalue weighted by Crippen LogP contribution is -2.31. The summed E-state index contributed by atoms with van der Waals surface area (Å²) in [6.45, 7) is -0.117. The summed E-state index contributed by atoms with van der Waals surface area (Å²) in [5, 5.41) is 2.38. The molecule has 2 heterocycles. The molecule has 3 rings (SSSR count). The Morgan fingerprint density at radius 2 is 2.03 bits per heavy atom. The van der Waals surface area contributed by atoms with E-state index >= 15 is 0 Å². The number of sulfone groups is 1. The zero-order valence-corrected chi connectivity index (χ0v) is 19.2. The summed E-state index contributed by atoms with van der Waals surface area (Å²) in [6.07, 6.45) is 2.73. The SMILES string of the molecule is Cn1cc(S(C)(=O)=O)c(OC[C@@H](N)Cc2cccnc2)c1C(=O)Nc1ccc(F)c(C(F)F)c1. The number of benzene rings is 1. The van der Waals surface area contributed by atoms with E-state index in [1.165, 1.54) is 17.8 Å². The Labute approximate surface area is 194 Å². The second-order valence-electron chi connectivity index (χ2n) is 7.68. The van der Waals surface area contributed by atoms with Crippen molar-refractivity contribution in [1.29, 1.82) is 0 Å². The third-order valence-corrected chi connectivity index (χ3v) is 5.96. The molecule has 0 unspecified atom stereocenters. The first-order valence-corrected chi connectivity index (χ1v) is 11.9. The van der Waals surface area contributed by atoms with Crippen LogP contribution in [-0.4, -0.2) is 42.8 Å². The highest BCUT2D eigenvalue weighted by molar-refractivity contribution is 7.90. The molecule has 1 atom stereocenters. The molecule has 0 aliphatic rings. The molecule has 0 fully saturated rings. The summed E-state index contributed by atoms with van der Waals surface area (Å²) in [6, 6.07) is 5.76. The number of amides is 1. The van der Waals surface area contributed by atoms with E-state index in [-0.39, 0.29) is 28.6 Å². The molecule has 0 radical (unpaired) electrons. The lowest BCUT2D eigenvalue weighted by Gasteiger charge is -2.15. The zero-order chi connectivity index (χ0) is 25.0. The van der Waals surface area contributed by atoms with Crippen LogP contribution in [-0.2, 0) is 23.3 Å². The van der Waals surface area contributed by atoms with Crippen LogP contribution >= 0.6 is 0 Å². The van der Waals surface area contributed by atoms with Crippen molar-refractivity contribution in [3.05, 3.63) is 71.6 Å². The molecule has 182 valence electrons. The number of nitrogens with zero attached hydrogens (tertiary/aromatic N) is 2. The number of halogens is 3. The van der Waals surface area contributed by atoms with Crippen LogP contribution in [0.4, 0.5) is 18.9 Å². The molecule has 1 aromatic carbocycles. The predicted octanol–water partition coefficient (Wildman–Crippen LogP) is 3.10. The Kier molecular flexibility index (Phi) is 7.62. The highest BCUT2D eigenvalue weighted by atomic mass is 32.2. The molecule has 2 aromatic heterocycles. The third kappa shape index (κ3) is 5.94. The first kappa shape index (κ1) is 25.2. The van der Waals surface area contributed by atoms with E-state index < -0.39 is 39.6 Å². The van der Waals surface area contributed by atoms with Crippen molar-refractivity contribution >= 4 is 21.4 Å². The number of pyridine rings is 1. The molecule has 3 aromatic rings. The van der Waals surface area contributed by atoms with E-state index in [1.54, 1.807) is 18.5 Å². The maximum absolute atomic E-state index is 13.6. The summed E-state index contributed by atoms with van der Waals surface area (Å²) < 4.78 is 71.1. The largest absolute Gasteiger partial charge is 0.488 e. The van der Waals surface area contributed by atoms with Crippen LogP contribution in [0.15, 0.2) is 53.8 Å². The molecule has 0 bridgehead atoms. The fraction of sp³-hybridized carbons (Fsp3) is 0.273. The zero-order valence-electron chi connectivity index (χ0n) is 18.3. The molecule has 3 N–H and O–H groups in total. The van der Waals surface area contributed by atoms with Gasteiger partial charge in [-0.2, -0.15) is 0 Å². The van der Waals surface area contributed by atoms with Crippen LogP contribution < -0.4 is 15.8 Å². The van der Waals surface area contributed by atoms with Gasteiger partial charge in [0, 0.05) is 43.6 Å². The van der Waals surface area contributed by atoms with Gasteiger partial charge in [-0.05, 0) is 36.2 Å². The molecular weight excluding hydrogens is 473 g/mol. The maximum atomic E-state index is 13.6. The Morgan fingerprint density at radius 1 is 1.29 bits per heavy atom. The summed E-state index contributed by atoms with van der Waals surface area (Å²) in [7, 11) is -2.37. The Bertz CT molecular complexity index is 1280. The van der Waals surface area contributed by atoms with E-state index in [9.17, 15) is 26.4 Å². The second-order valence-corrected chi connectivity index (χ2v) is 9.67. The predicted molar refractivity (Wildman–Crippen MR) is 119 cm³/mol. The van der Waals surface area contributed by atoms with Crippen LogP contribution in [0.1, 0.15) is 28.0 Å². The molecule has 8 nitrogen and oxygen atoms in total. The van der Waals surface area contributed by atoms with Gasteiger partial charge < -0.3 is 20.4 Å². The topological polar surface area (TPSA) is 116 Å². The summed E-state index contributed by atoms with van der Waals surface area (Å²) in [5.74, 6) is -2.17. The number of aromatic nitrogens is 2. The van der Waals surface area contributed by atoms with Gasteiger partial charge in [-0.15, -0.1) is 0 Å². The molecular formula is C22H23F3N4O4S. The monoisotopic (exact) mass is 496 g/mol. The molecule has 12 heteroatoms. The van der Waals surface area contributed by atoms with Gasteiger partial charge in [-0.3, -0.25) is 9.78 Å². The summed E-state index contributed by atoms with van der Waals surface area (Å²) >= 11 is 0. The number of alkyl halides is 2. The number of carbonyl (C=O) groups is 1. The first-order chi connectivity index (χ1) is 16.0. The number of ether oxygens (including phenoxy) is 1. The third-order valence-electron chi connectivity index (χ3n) is 4.87. The van der Waals surface area contributed by atoms with Crippen molar-refractivity contribution < 1.29 is 31.1 Å². The number of nitrogens with one attached hydrogen (secondary N) is 1. The van der Waals surface area contributed by atoms with Gasteiger partial charge in [0.05, 0.1) is 5.56 Å². The molecule has 0 aliphatic carbocycles. The average Bonchev–Trinajstić information content (AvgIpc) is 3.11. The van der Waals surface area contributed by atoms with Gasteiger partial charge in [-0.25, -0.2) is 21.6 Å². The van der Waals surface area contributed by atoms with E-state index in [4.69, 9.17) is 10.5 Å². The van der Waals surface area contributed by atoms with Gasteiger partial charge in [0.1, 0.15) is 17.3 Å². The van der Waals surface area contributed by atoms with E-state index in [2.05, 4.69) is 10.3 Å².